The van der Waals surface area contributed by atoms with Gasteiger partial charge in [-0.3, -0.25) is 9.59 Å². The van der Waals surface area contributed by atoms with E-state index in [9.17, 15) is 22.8 Å². The Bertz CT molecular complexity index is 679. The molecule has 1 atom stereocenters. The monoisotopic (exact) mass is 370 g/mol. The van der Waals surface area contributed by atoms with Gasteiger partial charge in [0.25, 0.3) is 5.91 Å². The molecule has 8 heteroatoms. The Labute approximate surface area is 149 Å². The highest BCUT2D eigenvalue weighted by atomic mass is 19.4. The summed E-state index contributed by atoms with van der Waals surface area (Å²) >= 11 is 0. The number of rotatable bonds is 4. The highest BCUT2D eigenvalue weighted by Crippen LogP contribution is 2.44. The quantitative estimate of drug-likeness (QED) is 0.800. The fourth-order valence-corrected chi connectivity index (χ4v) is 3.82. The summed E-state index contributed by atoms with van der Waals surface area (Å²) in [6.45, 7) is 1.04. The number of ether oxygens (including phenoxy) is 1. The minimum Gasteiger partial charge on any atom is -0.459 e. The van der Waals surface area contributed by atoms with Gasteiger partial charge in [-0.2, -0.15) is 13.2 Å². The first-order chi connectivity index (χ1) is 12.3. The molecule has 1 heterocycles. The number of halogens is 3. The summed E-state index contributed by atoms with van der Waals surface area (Å²) in [6, 6.07) is 4.07. The summed E-state index contributed by atoms with van der Waals surface area (Å²) < 4.78 is 43.6. The lowest BCUT2D eigenvalue weighted by molar-refractivity contribution is -0.152. The normalized spacial score (nSPS) is 21.7. The predicted octanol–water partition coefficient (Wildman–Crippen LogP) is 2.51. The molecule has 2 fully saturated rings. The van der Waals surface area contributed by atoms with Crippen LogP contribution in [0.1, 0.15) is 41.6 Å². The van der Waals surface area contributed by atoms with Crippen LogP contribution in [-0.4, -0.2) is 37.6 Å². The number of alkyl halides is 3. The van der Waals surface area contributed by atoms with E-state index in [0.29, 0.717) is 6.54 Å². The predicted molar refractivity (Wildman–Crippen MR) is 87.4 cm³/mol. The van der Waals surface area contributed by atoms with E-state index in [2.05, 4.69) is 10.6 Å². The number of benzene rings is 1. The highest BCUT2D eigenvalue weighted by Gasteiger charge is 2.46. The third kappa shape index (κ3) is 4.00. The number of amides is 1. The SMILES string of the molecule is O=C(CNC(=O)c1cccc(C(F)(F)F)c1)OC1CNCC12CCCC2. The van der Waals surface area contributed by atoms with Gasteiger partial charge in [-0.25, -0.2) is 0 Å². The molecule has 5 nitrogen and oxygen atoms in total. The molecule has 0 radical (unpaired) electrons. The molecule has 2 aliphatic rings. The number of nitrogens with one attached hydrogen (secondary N) is 2. The number of hydrogen-bond donors (Lipinski definition) is 2. The summed E-state index contributed by atoms with van der Waals surface area (Å²) in [5.41, 5.74) is -1.07. The van der Waals surface area contributed by atoms with Crippen LogP contribution in [-0.2, 0) is 15.7 Å². The first-order valence-electron chi connectivity index (χ1n) is 8.66. The van der Waals surface area contributed by atoms with Crippen LogP contribution in [0.25, 0.3) is 0 Å². The lowest BCUT2D eigenvalue weighted by atomic mass is 9.83. The van der Waals surface area contributed by atoms with E-state index >= 15 is 0 Å². The minimum atomic E-state index is -4.53. The second-order valence-corrected chi connectivity index (χ2v) is 6.94. The standard InChI is InChI=1S/C18H21F3N2O3/c19-18(20,21)13-5-3-4-12(8-13)16(25)23-10-15(24)26-14-9-22-11-17(14)6-1-2-7-17/h3-5,8,14,22H,1-2,6-7,9-11H2,(H,23,25). The second kappa shape index (κ2) is 7.26. The second-order valence-electron chi connectivity index (χ2n) is 6.94. The third-order valence-corrected chi connectivity index (χ3v) is 5.21. The van der Waals surface area contributed by atoms with Crippen LogP contribution in [0.15, 0.2) is 24.3 Å². The number of carbonyl (C=O) groups is 2. The maximum absolute atomic E-state index is 12.7. The number of hydrogen-bond acceptors (Lipinski definition) is 4. The van der Waals surface area contributed by atoms with Crippen molar-refractivity contribution in [2.24, 2.45) is 5.41 Å². The molecular weight excluding hydrogens is 349 g/mol. The summed E-state index contributed by atoms with van der Waals surface area (Å²) in [4.78, 5) is 24.1. The molecular formula is C18H21F3N2O3. The molecule has 2 N–H and O–H groups in total. The van der Waals surface area contributed by atoms with E-state index in [4.69, 9.17) is 4.74 Å². The van der Waals surface area contributed by atoms with Crippen LogP contribution in [0.2, 0.25) is 0 Å². The highest BCUT2D eigenvalue weighted by molar-refractivity contribution is 5.96. The Hall–Kier alpha value is -2.09. The van der Waals surface area contributed by atoms with E-state index in [-0.39, 0.29) is 23.6 Å². The van der Waals surface area contributed by atoms with Gasteiger partial charge in [0.1, 0.15) is 12.6 Å². The smallest absolute Gasteiger partial charge is 0.416 e. The van der Waals surface area contributed by atoms with Gasteiger partial charge in [-0.05, 0) is 31.0 Å². The Kier molecular flexibility index (Phi) is 5.22. The zero-order chi connectivity index (χ0) is 18.8. The van der Waals surface area contributed by atoms with Crippen molar-refractivity contribution < 1.29 is 27.5 Å². The number of esters is 1. The van der Waals surface area contributed by atoms with Gasteiger partial charge >= 0.3 is 12.1 Å². The third-order valence-electron chi connectivity index (χ3n) is 5.21. The van der Waals surface area contributed by atoms with Gasteiger partial charge < -0.3 is 15.4 Å². The number of carbonyl (C=O) groups excluding carboxylic acids is 2. The molecule has 3 rings (SSSR count). The van der Waals surface area contributed by atoms with Crippen molar-refractivity contribution in [3.63, 3.8) is 0 Å². The van der Waals surface area contributed by atoms with Gasteiger partial charge in [0.05, 0.1) is 5.56 Å². The van der Waals surface area contributed by atoms with Crippen molar-refractivity contribution in [3.05, 3.63) is 35.4 Å². The average molecular weight is 370 g/mol. The first-order valence-corrected chi connectivity index (χ1v) is 8.66. The first kappa shape index (κ1) is 18.7. The van der Waals surface area contributed by atoms with E-state index in [1.54, 1.807) is 0 Å². The van der Waals surface area contributed by atoms with E-state index in [0.717, 1.165) is 50.4 Å². The van der Waals surface area contributed by atoms with Gasteiger partial charge in [-0.1, -0.05) is 18.9 Å². The van der Waals surface area contributed by atoms with Crippen LogP contribution in [0.4, 0.5) is 13.2 Å². The molecule has 142 valence electrons. The van der Waals surface area contributed by atoms with Crippen LogP contribution < -0.4 is 10.6 Å². The van der Waals surface area contributed by atoms with Gasteiger partial charge in [-0.15, -0.1) is 0 Å². The van der Waals surface area contributed by atoms with E-state index in [1.165, 1.54) is 6.07 Å². The van der Waals surface area contributed by atoms with Crippen LogP contribution in [0.5, 0.6) is 0 Å². The van der Waals surface area contributed by atoms with Crippen molar-refractivity contribution in [2.75, 3.05) is 19.6 Å². The maximum atomic E-state index is 12.7. The molecule has 1 aromatic carbocycles. The van der Waals surface area contributed by atoms with Crippen molar-refractivity contribution in [3.8, 4) is 0 Å². The Morgan fingerprint density at radius 3 is 2.69 bits per heavy atom. The molecule has 0 aromatic heterocycles. The molecule has 1 saturated heterocycles. The molecule has 1 spiro atoms. The topological polar surface area (TPSA) is 67.4 Å². The lowest BCUT2D eigenvalue weighted by Gasteiger charge is -2.29. The molecule has 1 aliphatic carbocycles. The minimum absolute atomic E-state index is 0.0132. The lowest BCUT2D eigenvalue weighted by Crippen LogP contribution is -2.38. The van der Waals surface area contributed by atoms with Crippen molar-refractivity contribution >= 4 is 11.9 Å². The molecule has 1 saturated carbocycles. The van der Waals surface area contributed by atoms with Crippen molar-refractivity contribution in [2.45, 2.75) is 38.0 Å². The zero-order valence-electron chi connectivity index (χ0n) is 14.2. The average Bonchev–Trinajstić information content (AvgIpc) is 3.23. The van der Waals surface area contributed by atoms with Crippen LogP contribution in [0.3, 0.4) is 0 Å². The molecule has 1 amide bonds. The van der Waals surface area contributed by atoms with E-state index in [1.807, 2.05) is 0 Å². The van der Waals surface area contributed by atoms with Crippen LogP contribution >= 0.6 is 0 Å². The summed E-state index contributed by atoms with van der Waals surface area (Å²) in [6.07, 6.45) is -0.504. The summed E-state index contributed by atoms with van der Waals surface area (Å²) in [5, 5.41) is 5.58. The fraction of sp³-hybridized carbons (Fsp3) is 0.556. The molecule has 26 heavy (non-hydrogen) atoms. The van der Waals surface area contributed by atoms with Gasteiger partial charge in [0.2, 0.25) is 0 Å². The summed E-state index contributed by atoms with van der Waals surface area (Å²) in [7, 11) is 0. The van der Waals surface area contributed by atoms with E-state index < -0.39 is 23.6 Å². The maximum Gasteiger partial charge on any atom is 0.416 e. The van der Waals surface area contributed by atoms with Crippen molar-refractivity contribution in [1.29, 1.82) is 0 Å². The largest absolute Gasteiger partial charge is 0.459 e. The Morgan fingerprint density at radius 1 is 1.27 bits per heavy atom. The summed E-state index contributed by atoms with van der Waals surface area (Å²) in [5.74, 6) is -1.32. The molecule has 1 aromatic rings. The fourth-order valence-electron chi connectivity index (χ4n) is 3.82. The van der Waals surface area contributed by atoms with Gasteiger partial charge in [0, 0.05) is 24.1 Å². The van der Waals surface area contributed by atoms with Crippen molar-refractivity contribution in [1.82, 2.24) is 10.6 Å². The Balaban J connectivity index is 1.54. The zero-order valence-corrected chi connectivity index (χ0v) is 14.2. The molecule has 0 bridgehead atoms. The Morgan fingerprint density at radius 2 is 2.00 bits per heavy atom. The molecule has 1 aliphatic heterocycles. The van der Waals surface area contributed by atoms with Gasteiger partial charge in [0.15, 0.2) is 0 Å². The molecule has 1 unspecified atom stereocenters. The van der Waals surface area contributed by atoms with Crippen LogP contribution in [0, 0.1) is 5.41 Å².